The van der Waals surface area contributed by atoms with E-state index in [1.807, 2.05) is 0 Å². The van der Waals surface area contributed by atoms with Gasteiger partial charge in [-0.1, -0.05) is 29.3 Å². The number of carbonyl (C=O) groups excluding carboxylic acids is 1. The summed E-state index contributed by atoms with van der Waals surface area (Å²) in [6.07, 6.45) is -3.43. The minimum Gasteiger partial charge on any atom is -0.346 e. The molecule has 0 fully saturated rings. The van der Waals surface area contributed by atoms with Crippen LogP contribution in [-0.4, -0.2) is 15.7 Å². The van der Waals surface area contributed by atoms with Gasteiger partial charge in [0.2, 0.25) is 5.91 Å². The summed E-state index contributed by atoms with van der Waals surface area (Å²) >= 11 is 11.8. The molecule has 130 valence electrons. The van der Waals surface area contributed by atoms with Gasteiger partial charge in [-0.05, 0) is 37.6 Å². The van der Waals surface area contributed by atoms with Crippen LogP contribution in [0.25, 0.3) is 0 Å². The number of carbonyl (C=O) groups is 1. The lowest BCUT2D eigenvalue weighted by atomic mass is 9.94. The molecule has 9 heteroatoms. The van der Waals surface area contributed by atoms with Gasteiger partial charge in [0.15, 0.2) is 5.69 Å². The number of amides is 1. The number of benzene rings is 1. The van der Waals surface area contributed by atoms with Crippen molar-refractivity contribution >= 4 is 29.1 Å². The zero-order valence-corrected chi connectivity index (χ0v) is 14.3. The molecule has 0 unspecified atom stereocenters. The smallest absolute Gasteiger partial charge is 0.346 e. The summed E-state index contributed by atoms with van der Waals surface area (Å²) in [7, 11) is 0. The molecule has 4 nitrogen and oxygen atoms in total. The average molecular weight is 380 g/mol. The van der Waals surface area contributed by atoms with E-state index in [2.05, 4.69) is 10.4 Å². The lowest BCUT2D eigenvalue weighted by Crippen LogP contribution is -2.42. The molecule has 0 spiro atoms. The molecule has 1 heterocycles. The largest absolute Gasteiger partial charge is 0.435 e. The van der Waals surface area contributed by atoms with Gasteiger partial charge in [-0.2, -0.15) is 18.3 Å². The molecule has 0 bridgehead atoms. The van der Waals surface area contributed by atoms with E-state index in [0.717, 1.165) is 16.9 Å². The van der Waals surface area contributed by atoms with Crippen molar-refractivity contribution in [2.45, 2.75) is 32.1 Å². The maximum Gasteiger partial charge on any atom is 0.435 e. The van der Waals surface area contributed by atoms with Gasteiger partial charge in [0.05, 0.1) is 15.6 Å². The molecule has 2 aromatic rings. The molecule has 1 aromatic carbocycles. The molecule has 0 saturated carbocycles. The molecule has 1 aromatic heterocycles. The van der Waals surface area contributed by atoms with Crippen LogP contribution >= 0.6 is 23.2 Å². The molecule has 0 aliphatic heterocycles. The van der Waals surface area contributed by atoms with Crippen LogP contribution in [0.2, 0.25) is 10.0 Å². The Balaban J connectivity index is 2.07. The highest BCUT2D eigenvalue weighted by molar-refractivity contribution is 6.42. The van der Waals surface area contributed by atoms with Crippen LogP contribution in [0.3, 0.4) is 0 Å². The lowest BCUT2D eigenvalue weighted by molar-refractivity contribution is -0.141. The third-order valence-electron chi connectivity index (χ3n) is 3.33. The molecule has 0 saturated heterocycles. The van der Waals surface area contributed by atoms with E-state index in [0.29, 0.717) is 15.6 Å². The molecule has 1 amide bonds. The summed E-state index contributed by atoms with van der Waals surface area (Å²) in [5, 5.41) is 6.81. The molecule has 0 aliphatic rings. The summed E-state index contributed by atoms with van der Waals surface area (Å²) < 4.78 is 38.4. The van der Waals surface area contributed by atoms with Crippen molar-refractivity contribution in [1.29, 1.82) is 0 Å². The third-order valence-corrected chi connectivity index (χ3v) is 4.07. The van der Waals surface area contributed by atoms with E-state index < -0.39 is 23.3 Å². The zero-order valence-electron chi connectivity index (χ0n) is 12.8. The molecule has 0 atom stereocenters. The maximum absolute atomic E-state index is 12.5. The van der Waals surface area contributed by atoms with Crippen molar-refractivity contribution in [3.05, 3.63) is 51.8 Å². The standard InChI is InChI=1S/C15H14Cl2F3N3O/c1-14(2,9-3-4-10(16)11(17)7-9)21-13(24)8-23-6-5-12(22-23)15(18,19)20/h3-7H,8H2,1-2H3,(H,21,24). The zero-order chi connectivity index (χ0) is 18.1. The van der Waals surface area contributed by atoms with Gasteiger partial charge in [-0.3, -0.25) is 9.48 Å². The number of halogens is 5. The van der Waals surface area contributed by atoms with E-state index in [4.69, 9.17) is 23.2 Å². The van der Waals surface area contributed by atoms with Crippen LogP contribution in [0.4, 0.5) is 13.2 Å². The average Bonchev–Trinajstić information content (AvgIpc) is 2.89. The fourth-order valence-corrected chi connectivity index (χ4v) is 2.39. The Morgan fingerprint density at radius 2 is 1.88 bits per heavy atom. The predicted molar refractivity (Wildman–Crippen MR) is 84.9 cm³/mol. The number of hydrogen-bond acceptors (Lipinski definition) is 2. The molecule has 0 radical (unpaired) electrons. The van der Waals surface area contributed by atoms with E-state index >= 15 is 0 Å². The van der Waals surface area contributed by atoms with Crippen molar-refractivity contribution < 1.29 is 18.0 Å². The Morgan fingerprint density at radius 1 is 1.21 bits per heavy atom. The molecular weight excluding hydrogens is 366 g/mol. The third kappa shape index (κ3) is 4.42. The Bertz CT molecular complexity index is 757. The minimum atomic E-state index is -4.54. The Labute approximate surface area is 146 Å². The Morgan fingerprint density at radius 3 is 2.42 bits per heavy atom. The molecule has 1 N–H and O–H groups in total. The van der Waals surface area contributed by atoms with Crippen molar-refractivity contribution in [3.8, 4) is 0 Å². The van der Waals surface area contributed by atoms with Crippen molar-refractivity contribution in [3.63, 3.8) is 0 Å². The van der Waals surface area contributed by atoms with Gasteiger partial charge in [0, 0.05) is 6.20 Å². The van der Waals surface area contributed by atoms with Gasteiger partial charge in [-0.15, -0.1) is 0 Å². The summed E-state index contributed by atoms with van der Waals surface area (Å²) in [5.74, 6) is -0.483. The first-order chi connectivity index (χ1) is 11.0. The van der Waals surface area contributed by atoms with Gasteiger partial charge in [-0.25, -0.2) is 0 Å². The Hall–Kier alpha value is -1.73. The van der Waals surface area contributed by atoms with Gasteiger partial charge < -0.3 is 5.32 Å². The molecular formula is C15H14Cl2F3N3O. The van der Waals surface area contributed by atoms with Gasteiger partial charge in [0.1, 0.15) is 6.54 Å². The van der Waals surface area contributed by atoms with Crippen LogP contribution in [0, 0.1) is 0 Å². The van der Waals surface area contributed by atoms with E-state index in [1.165, 1.54) is 0 Å². The van der Waals surface area contributed by atoms with Crippen molar-refractivity contribution in [2.24, 2.45) is 0 Å². The number of nitrogens with one attached hydrogen (secondary N) is 1. The van der Waals surface area contributed by atoms with Crippen LogP contribution < -0.4 is 5.32 Å². The summed E-state index contributed by atoms with van der Waals surface area (Å²) in [6, 6.07) is 5.76. The van der Waals surface area contributed by atoms with Crippen LogP contribution in [0.5, 0.6) is 0 Å². The van der Waals surface area contributed by atoms with E-state index in [1.54, 1.807) is 32.0 Å². The normalized spacial score (nSPS) is 12.3. The highest BCUT2D eigenvalue weighted by atomic mass is 35.5. The van der Waals surface area contributed by atoms with Crippen molar-refractivity contribution in [2.75, 3.05) is 0 Å². The number of alkyl halides is 3. The lowest BCUT2D eigenvalue weighted by Gasteiger charge is -2.27. The first-order valence-corrected chi connectivity index (χ1v) is 7.62. The van der Waals surface area contributed by atoms with E-state index in [9.17, 15) is 18.0 Å². The fraction of sp³-hybridized carbons (Fsp3) is 0.333. The molecule has 0 aliphatic carbocycles. The predicted octanol–water partition coefficient (Wildman–Crippen LogP) is 4.26. The maximum atomic E-state index is 12.5. The first kappa shape index (κ1) is 18.6. The highest BCUT2D eigenvalue weighted by Crippen LogP contribution is 2.29. The summed E-state index contributed by atoms with van der Waals surface area (Å²) in [5.41, 5.74) is -1.12. The number of rotatable bonds is 4. The highest BCUT2D eigenvalue weighted by Gasteiger charge is 2.33. The second-order valence-electron chi connectivity index (χ2n) is 5.70. The van der Waals surface area contributed by atoms with Crippen LogP contribution in [0.1, 0.15) is 25.1 Å². The molecule has 2 rings (SSSR count). The second-order valence-corrected chi connectivity index (χ2v) is 6.51. The summed E-state index contributed by atoms with van der Waals surface area (Å²) in [6.45, 7) is 3.16. The quantitative estimate of drug-likeness (QED) is 0.862. The first-order valence-electron chi connectivity index (χ1n) is 6.86. The second kappa shape index (κ2) is 6.64. The SMILES string of the molecule is CC(C)(NC(=O)Cn1ccc(C(F)(F)F)n1)c1ccc(Cl)c(Cl)c1. The number of aromatic nitrogens is 2. The monoisotopic (exact) mass is 379 g/mol. The fourth-order valence-electron chi connectivity index (χ4n) is 2.09. The molecule has 24 heavy (non-hydrogen) atoms. The van der Waals surface area contributed by atoms with E-state index in [-0.39, 0.29) is 6.54 Å². The van der Waals surface area contributed by atoms with Crippen LogP contribution in [0.15, 0.2) is 30.5 Å². The number of nitrogens with zero attached hydrogens (tertiary/aromatic N) is 2. The minimum absolute atomic E-state index is 0.333. The van der Waals surface area contributed by atoms with Gasteiger partial charge in [0.25, 0.3) is 0 Å². The summed E-state index contributed by atoms with van der Waals surface area (Å²) in [4.78, 5) is 12.1. The number of hydrogen-bond donors (Lipinski definition) is 1. The Kier molecular flexibility index (Phi) is 5.15. The topological polar surface area (TPSA) is 46.9 Å². The van der Waals surface area contributed by atoms with Gasteiger partial charge >= 0.3 is 6.18 Å². The van der Waals surface area contributed by atoms with Crippen molar-refractivity contribution in [1.82, 2.24) is 15.1 Å². The van der Waals surface area contributed by atoms with Crippen LogP contribution in [-0.2, 0) is 23.1 Å².